The molecule has 1 heterocycles. The van der Waals surface area contributed by atoms with Crippen molar-refractivity contribution in [3.63, 3.8) is 0 Å². The molecule has 0 amide bonds. The predicted octanol–water partition coefficient (Wildman–Crippen LogP) is -0.320. The van der Waals surface area contributed by atoms with Crippen LogP contribution in [0.2, 0.25) is 0 Å². The molecule has 0 spiro atoms. The summed E-state index contributed by atoms with van der Waals surface area (Å²) in [5, 5.41) is 17.4. The van der Waals surface area contributed by atoms with Crippen molar-refractivity contribution in [3.8, 4) is 0 Å². The van der Waals surface area contributed by atoms with Gasteiger partial charge in [0.2, 0.25) is 15.8 Å². The molecular formula is C8H15N5O4S. The Bertz CT molecular complexity index is 524. The van der Waals surface area contributed by atoms with E-state index in [0.717, 1.165) is 6.26 Å². The number of aromatic nitrogens is 2. The minimum atomic E-state index is -3.19. The Labute approximate surface area is 104 Å². The minimum Gasteiger partial charge on any atom is -0.363 e. The van der Waals surface area contributed by atoms with E-state index in [4.69, 9.17) is 0 Å². The van der Waals surface area contributed by atoms with Gasteiger partial charge in [0.1, 0.15) is 6.20 Å². The van der Waals surface area contributed by atoms with Crippen LogP contribution in [-0.4, -0.2) is 42.5 Å². The number of nitrogens with zero attached hydrogens (tertiary/aromatic N) is 3. The zero-order chi connectivity index (χ0) is 13.8. The number of rotatable bonds is 7. The van der Waals surface area contributed by atoms with E-state index in [1.807, 2.05) is 0 Å². The second-order valence-electron chi connectivity index (χ2n) is 3.74. The Hall–Kier alpha value is -1.68. The van der Waals surface area contributed by atoms with Gasteiger partial charge in [-0.3, -0.25) is 14.8 Å². The highest BCUT2D eigenvalue weighted by Crippen LogP contribution is 2.20. The number of nitrogens with one attached hydrogen (secondary N) is 2. The van der Waals surface area contributed by atoms with E-state index in [9.17, 15) is 18.5 Å². The van der Waals surface area contributed by atoms with Crippen molar-refractivity contribution in [2.24, 2.45) is 7.05 Å². The van der Waals surface area contributed by atoms with Crippen LogP contribution in [0.1, 0.15) is 6.42 Å². The van der Waals surface area contributed by atoms with Gasteiger partial charge in [0, 0.05) is 20.1 Å². The van der Waals surface area contributed by atoms with E-state index in [1.165, 1.54) is 10.9 Å². The van der Waals surface area contributed by atoms with Crippen LogP contribution in [0.5, 0.6) is 0 Å². The Morgan fingerprint density at radius 1 is 1.50 bits per heavy atom. The Kier molecular flexibility index (Phi) is 4.62. The number of anilines is 1. The van der Waals surface area contributed by atoms with Gasteiger partial charge in [-0.15, -0.1) is 5.10 Å². The van der Waals surface area contributed by atoms with Crippen molar-refractivity contribution >= 4 is 21.5 Å². The number of aryl methyl sites for hydroxylation is 1. The first-order valence-corrected chi connectivity index (χ1v) is 7.05. The fourth-order valence-electron chi connectivity index (χ4n) is 1.29. The van der Waals surface area contributed by atoms with Crippen molar-refractivity contribution in [1.29, 1.82) is 0 Å². The highest BCUT2D eigenvalue weighted by atomic mass is 32.2. The smallest absolute Gasteiger partial charge is 0.330 e. The number of hydrogen-bond acceptors (Lipinski definition) is 6. The Morgan fingerprint density at radius 2 is 2.17 bits per heavy atom. The summed E-state index contributed by atoms with van der Waals surface area (Å²) in [4.78, 5) is 10.2. The van der Waals surface area contributed by atoms with Crippen molar-refractivity contribution < 1.29 is 13.3 Å². The molecule has 102 valence electrons. The topological polar surface area (TPSA) is 119 Å². The second-order valence-corrected chi connectivity index (χ2v) is 5.57. The van der Waals surface area contributed by atoms with Gasteiger partial charge in [-0.25, -0.2) is 13.1 Å². The molecule has 0 saturated heterocycles. The number of hydrogen-bond donors (Lipinski definition) is 2. The summed E-state index contributed by atoms with van der Waals surface area (Å²) in [6.45, 7) is 0.660. The molecule has 2 N–H and O–H groups in total. The summed E-state index contributed by atoms with van der Waals surface area (Å²) in [5.41, 5.74) is -0.103. The average molecular weight is 277 g/mol. The van der Waals surface area contributed by atoms with Crippen molar-refractivity contribution in [2.75, 3.05) is 24.7 Å². The molecule has 1 rings (SSSR count). The van der Waals surface area contributed by atoms with Gasteiger partial charge >= 0.3 is 5.69 Å². The lowest BCUT2D eigenvalue weighted by atomic mass is 10.4. The molecule has 0 aliphatic heterocycles. The molecule has 10 heteroatoms. The van der Waals surface area contributed by atoms with Crippen LogP contribution >= 0.6 is 0 Å². The van der Waals surface area contributed by atoms with Gasteiger partial charge in [0.15, 0.2) is 0 Å². The van der Waals surface area contributed by atoms with Gasteiger partial charge in [0.25, 0.3) is 0 Å². The monoisotopic (exact) mass is 277 g/mol. The highest BCUT2D eigenvalue weighted by Gasteiger charge is 2.17. The van der Waals surface area contributed by atoms with E-state index in [0.29, 0.717) is 13.0 Å². The molecule has 0 fully saturated rings. The fraction of sp³-hybridized carbons (Fsp3) is 0.625. The zero-order valence-electron chi connectivity index (χ0n) is 10.1. The summed E-state index contributed by atoms with van der Waals surface area (Å²) >= 11 is 0. The van der Waals surface area contributed by atoms with Crippen molar-refractivity contribution in [2.45, 2.75) is 6.42 Å². The van der Waals surface area contributed by atoms with Crippen molar-refractivity contribution in [3.05, 3.63) is 16.3 Å². The largest absolute Gasteiger partial charge is 0.363 e. The second kappa shape index (κ2) is 5.78. The third-order valence-corrected chi connectivity index (χ3v) is 2.74. The maximum absolute atomic E-state index is 10.8. The molecule has 1 aromatic rings. The third-order valence-electron chi connectivity index (χ3n) is 2.02. The molecule has 1 aromatic heterocycles. The lowest BCUT2D eigenvalue weighted by Crippen LogP contribution is -2.24. The van der Waals surface area contributed by atoms with Gasteiger partial charge in [0.05, 0.1) is 11.2 Å². The summed E-state index contributed by atoms with van der Waals surface area (Å²) in [7, 11) is -1.61. The van der Waals surface area contributed by atoms with Crippen molar-refractivity contribution in [1.82, 2.24) is 14.5 Å². The fourth-order valence-corrected chi connectivity index (χ4v) is 1.80. The van der Waals surface area contributed by atoms with Crippen LogP contribution in [0.3, 0.4) is 0 Å². The first kappa shape index (κ1) is 14.4. The standard InChI is InChI=1S/C8H15N5O4S/c1-12-6-7(13(14)15)8(11-12)9-4-3-5-10-18(2,16)17/h6,10H,3-5H2,1-2H3,(H,9,11). The number of nitro groups is 1. The summed E-state index contributed by atoms with van der Waals surface area (Å²) < 4.78 is 25.2. The number of sulfonamides is 1. The first-order chi connectivity index (χ1) is 8.29. The summed E-state index contributed by atoms with van der Waals surface area (Å²) in [5.74, 6) is 0.182. The molecule has 0 atom stereocenters. The molecular weight excluding hydrogens is 262 g/mol. The lowest BCUT2D eigenvalue weighted by molar-refractivity contribution is -0.384. The van der Waals surface area contributed by atoms with Crippen LogP contribution in [0.25, 0.3) is 0 Å². The molecule has 9 nitrogen and oxygen atoms in total. The van der Waals surface area contributed by atoms with Crippen LogP contribution in [-0.2, 0) is 17.1 Å². The van der Waals surface area contributed by atoms with E-state index in [2.05, 4.69) is 15.1 Å². The van der Waals surface area contributed by atoms with E-state index in [-0.39, 0.29) is 18.1 Å². The van der Waals surface area contributed by atoms with Gasteiger partial charge < -0.3 is 5.32 Å². The van der Waals surface area contributed by atoms with Crippen LogP contribution in [0.15, 0.2) is 6.20 Å². The summed E-state index contributed by atoms with van der Waals surface area (Å²) in [6, 6.07) is 0. The van der Waals surface area contributed by atoms with Gasteiger partial charge in [-0.1, -0.05) is 0 Å². The normalized spacial score (nSPS) is 11.4. The van der Waals surface area contributed by atoms with Crippen LogP contribution in [0, 0.1) is 10.1 Å². The Balaban J connectivity index is 2.42. The minimum absolute atomic E-state index is 0.103. The van der Waals surface area contributed by atoms with E-state index >= 15 is 0 Å². The predicted molar refractivity (Wildman–Crippen MR) is 65.8 cm³/mol. The Morgan fingerprint density at radius 3 is 2.72 bits per heavy atom. The maximum atomic E-state index is 10.8. The highest BCUT2D eigenvalue weighted by molar-refractivity contribution is 7.88. The molecule has 0 unspecified atom stereocenters. The lowest BCUT2D eigenvalue weighted by Gasteiger charge is -2.03. The van der Waals surface area contributed by atoms with Crippen LogP contribution < -0.4 is 10.0 Å². The maximum Gasteiger partial charge on any atom is 0.330 e. The van der Waals surface area contributed by atoms with Gasteiger partial charge in [-0.2, -0.15) is 0 Å². The SMILES string of the molecule is Cn1cc([N+](=O)[O-])c(NCCCNS(C)(=O)=O)n1. The van der Waals surface area contributed by atoms with Crippen LogP contribution in [0.4, 0.5) is 11.5 Å². The van der Waals surface area contributed by atoms with E-state index < -0.39 is 14.9 Å². The summed E-state index contributed by atoms with van der Waals surface area (Å²) in [6.07, 6.45) is 2.88. The molecule has 18 heavy (non-hydrogen) atoms. The molecule has 0 bridgehead atoms. The molecule has 0 radical (unpaired) electrons. The third kappa shape index (κ3) is 4.67. The quantitative estimate of drug-likeness (QED) is 0.400. The molecule has 0 saturated carbocycles. The van der Waals surface area contributed by atoms with Gasteiger partial charge in [-0.05, 0) is 6.42 Å². The molecule has 0 aliphatic carbocycles. The first-order valence-electron chi connectivity index (χ1n) is 5.16. The zero-order valence-corrected chi connectivity index (χ0v) is 10.9. The molecule has 0 aromatic carbocycles. The molecule has 0 aliphatic rings. The van der Waals surface area contributed by atoms with E-state index in [1.54, 1.807) is 7.05 Å². The average Bonchev–Trinajstić information content (AvgIpc) is 2.57.